The second kappa shape index (κ2) is 8.27. The molecule has 0 aliphatic heterocycles. The van der Waals surface area contributed by atoms with Crippen molar-refractivity contribution in [3.05, 3.63) is 35.9 Å². The summed E-state index contributed by atoms with van der Waals surface area (Å²) in [5.74, 6) is 0. The fourth-order valence-corrected chi connectivity index (χ4v) is 2.73. The number of halogens is 3. The standard InChI is InChI=1S/C14H20ClN.2ClH/c1-14(10-6-5-9-13(14)15)16-11-12-7-3-2-4-8-12;;/h2-4,7-8,13,16H,5-6,9-11H2,1H3;2*1H. The fraction of sp³-hybridized carbons (Fsp3) is 0.571. The second-order valence-electron chi connectivity index (χ2n) is 4.97. The van der Waals surface area contributed by atoms with Gasteiger partial charge in [0, 0.05) is 12.1 Å². The normalized spacial score (nSPS) is 26.9. The minimum atomic E-state index is 0. The molecule has 2 unspecified atom stereocenters. The van der Waals surface area contributed by atoms with E-state index < -0.39 is 0 Å². The first-order valence-electron chi connectivity index (χ1n) is 6.14. The van der Waals surface area contributed by atoms with E-state index in [9.17, 15) is 0 Å². The van der Waals surface area contributed by atoms with Crippen molar-refractivity contribution < 1.29 is 0 Å². The van der Waals surface area contributed by atoms with Gasteiger partial charge in [-0.25, -0.2) is 0 Å². The quantitative estimate of drug-likeness (QED) is 0.807. The number of nitrogens with one attached hydrogen (secondary N) is 1. The van der Waals surface area contributed by atoms with Crippen LogP contribution in [0.2, 0.25) is 0 Å². The molecule has 1 nitrogen and oxygen atoms in total. The van der Waals surface area contributed by atoms with Crippen molar-refractivity contribution in [3.8, 4) is 0 Å². The van der Waals surface area contributed by atoms with E-state index in [1.165, 1.54) is 24.8 Å². The van der Waals surface area contributed by atoms with E-state index >= 15 is 0 Å². The molecule has 0 aromatic heterocycles. The van der Waals surface area contributed by atoms with Crippen molar-refractivity contribution >= 4 is 36.4 Å². The maximum atomic E-state index is 6.43. The molecule has 0 amide bonds. The summed E-state index contributed by atoms with van der Waals surface area (Å²) < 4.78 is 0. The first kappa shape index (κ1) is 18.0. The molecule has 1 aliphatic carbocycles. The van der Waals surface area contributed by atoms with E-state index in [4.69, 9.17) is 11.6 Å². The van der Waals surface area contributed by atoms with Crippen molar-refractivity contribution in [2.75, 3.05) is 0 Å². The van der Waals surface area contributed by atoms with E-state index in [0.717, 1.165) is 13.0 Å². The molecule has 1 N–H and O–H groups in total. The van der Waals surface area contributed by atoms with Crippen LogP contribution >= 0.6 is 36.4 Å². The molecule has 0 spiro atoms. The first-order valence-corrected chi connectivity index (χ1v) is 6.57. The highest BCUT2D eigenvalue weighted by molar-refractivity contribution is 6.21. The van der Waals surface area contributed by atoms with Gasteiger partial charge in [0.1, 0.15) is 0 Å². The van der Waals surface area contributed by atoms with Gasteiger partial charge < -0.3 is 5.32 Å². The lowest BCUT2D eigenvalue weighted by molar-refractivity contribution is 0.258. The Bertz CT molecular complexity index is 331. The van der Waals surface area contributed by atoms with Gasteiger partial charge in [0.2, 0.25) is 0 Å². The second-order valence-corrected chi connectivity index (χ2v) is 5.50. The van der Waals surface area contributed by atoms with E-state index in [1.54, 1.807) is 0 Å². The molecule has 1 aromatic carbocycles. The third-order valence-corrected chi connectivity index (χ3v) is 4.33. The summed E-state index contributed by atoms with van der Waals surface area (Å²) in [4.78, 5) is 0. The molecule has 1 aromatic rings. The van der Waals surface area contributed by atoms with Gasteiger partial charge in [-0.05, 0) is 25.3 Å². The Kier molecular flexibility index (Phi) is 8.29. The zero-order valence-corrected chi connectivity index (χ0v) is 13.1. The Morgan fingerprint density at radius 2 is 1.89 bits per heavy atom. The summed E-state index contributed by atoms with van der Waals surface area (Å²) in [6.07, 6.45) is 4.89. The molecule has 1 fully saturated rings. The predicted octanol–water partition coefficient (Wildman–Crippen LogP) is 4.56. The average Bonchev–Trinajstić information content (AvgIpc) is 2.32. The Labute approximate surface area is 128 Å². The van der Waals surface area contributed by atoms with Crippen LogP contribution in [-0.4, -0.2) is 10.9 Å². The molecule has 18 heavy (non-hydrogen) atoms. The van der Waals surface area contributed by atoms with Crippen LogP contribution in [0.5, 0.6) is 0 Å². The molecule has 1 aliphatic rings. The summed E-state index contributed by atoms with van der Waals surface area (Å²) in [6.45, 7) is 3.17. The van der Waals surface area contributed by atoms with Gasteiger partial charge in [0.25, 0.3) is 0 Å². The number of hydrogen-bond donors (Lipinski definition) is 1. The molecule has 1 saturated carbocycles. The minimum absolute atomic E-state index is 0. The van der Waals surface area contributed by atoms with Crippen LogP contribution in [0.25, 0.3) is 0 Å². The van der Waals surface area contributed by atoms with Crippen molar-refractivity contribution in [1.82, 2.24) is 5.32 Å². The number of rotatable bonds is 3. The van der Waals surface area contributed by atoms with Crippen LogP contribution in [0.1, 0.15) is 38.2 Å². The Morgan fingerprint density at radius 3 is 2.50 bits per heavy atom. The summed E-state index contributed by atoms with van der Waals surface area (Å²) in [6, 6.07) is 10.5. The molecule has 2 rings (SSSR count). The summed E-state index contributed by atoms with van der Waals surface area (Å²) >= 11 is 6.43. The molecule has 0 radical (unpaired) electrons. The van der Waals surface area contributed by atoms with Gasteiger partial charge in [-0.2, -0.15) is 0 Å². The summed E-state index contributed by atoms with van der Waals surface area (Å²) in [5.41, 5.74) is 1.44. The largest absolute Gasteiger partial charge is 0.306 e. The van der Waals surface area contributed by atoms with Gasteiger partial charge in [-0.15, -0.1) is 36.4 Å². The van der Waals surface area contributed by atoms with Crippen molar-refractivity contribution in [3.63, 3.8) is 0 Å². The average molecular weight is 311 g/mol. The number of alkyl halides is 1. The SMILES string of the molecule is CC1(NCc2ccccc2)CCCCC1Cl.Cl.Cl. The van der Waals surface area contributed by atoms with Crippen LogP contribution in [0.3, 0.4) is 0 Å². The Morgan fingerprint density at radius 1 is 1.22 bits per heavy atom. The fourth-order valence-electron chi connectivity index (χ4n) is 2.39. The number of benzene rings is 1. The lowest BCUT2D eigenvalue weighted by atomic mass is 9.82. The van der Waals surface area contributed by atoms with Crippen LogP contribution < -0.4 is 5.32 Å². The lowest BCUT2D eigenvalue weighted by Crippen LogP contribution is -2.51. The molecule has 104 valence electrons. The maximum absolute atomic E-state index is 6.43. The van der Waals surface area contributed by atoms with Gasteiger partial charge in [-0.3, -0.25) is 0 Å². The van der Waals surface area contributed by atoms with E-state index in [2.05, 4.69) is 42.6 Å². The molecule has 2 atom stereocenters. The third-order valence-electron chi connectivity index (χ3n) is 3.63. The zero-order chi connectivity index (χ0) is 11.4. The van der Waals surface area contributed by atoms with Crippen LogP contribution in [-0.2, 0) is 6.54 Å². The van der Waals surface area contributed by atoms with Gasteiger partial charge >= 0.3 is 0 Å². The van der Waals surface area contributed by atoms with Crippen LogP contribution in [0.15, 0.2) is 30.3 Å². The van der Waals surface area contributed by atoms with E-state index in [0.29, 0.717) is 0 Å². The molecular weight excluding hydrogens is 289 g/mol. The highest BCUT2D eigenvalue weighted by atomic mass is 35.5. The Hall–Kier alpha value is 0.0500. The van der Waals surface area contributed by atoms with Gasteiger partial charge in [0.05, 0.1) is 5.38 Å². The Balaban J connectivity index is 0.00000144. The molecular formula is C14H22Cl3N. The molecule has 0 saturated heterocycles. The molecule has 0 heterocycles. The highest BCUT2D eigenvalue weighted by Crippen LogP contribution is 2.32. The topological polar surface area (TPSA) is 12.0 Å². The lowest BCUT2D eigenvalue weighted by Gasteiger charge is -2.39. The van der Waals surface area contributed by atoms with Gasteiger partial charge in [0.15, 0.2) is 0 Å². The highest BCUT2D eigenvalue weighted by Gasteiger charge is 2.34. The monoisotopic (exact) mass is 309 g/mol. The molecule has 0 bridgehead atoms. The smallest absolute Gasteiger partial charge is 0.0515 e. The van der Waals surface area contributed by atoms with Crippen molar-refractivity contribution in [2.45, 2.75) is 50.1 Å². The van der Waals surface area contributed by atoms with Crippen LogP contribution in [0, 0.1) is 0 Å². The summed E-state index contributed by atoms with van der Waals surface area (Å²) in [5, 5.41) is 3.90. The minimum Gasteiger partial charge on any atom is -0.306 e. The predicted molar refractivity (Wildman–Crippen MR) is 84.3 cm³/mol. The summed E-state index contributed by atoms with van der Waals surface area (Å²) in [7, 11) is 0. The zero-order valence-electron chi connectivity index (χ0n) is 10.7. The van der Waals surface area contributed by atoms with E-state index in [1.807, 2.05) is 0 Å². The third kappa shape index (κ3) is 4.62. The van der Waals surface area contributed by atoms with Crippen LogP contribution in [0.4, 0.5) is 0 Å². The van der Waals surface area contributed by atoms with Crippen molar-refractivity contribution in [2.24, 2.45) is 0 Å². The van der Waals surface area contributed by atoms with E-state index in [-0.39, 0.29) is 35.7 Å². The van der Waals surface area contributed by atoms with Crippen molar-refractivity contribution in [1.29, 1.82) is 0 Å². The van der Waals surface area contributed by atoms with Gasteiger partial charge in [-0.1, -0.05) is 43.2 Å². The maximum Gasteiger partial charge on any atom is 0.0515 e. The first-order chi connectivity index (χ1) is 7.71. The number of hydrogen-bond acceptors (Lipinski definition) is 1. The molecule has 4 heteroatoms.